The third-order valence-electron chi connectivity index (χ3n) is 4.14. The second-order valence-electron chi connectivity index (χ2n) is 5.52. The van der Waals surface area contributed by atoms with Crippen LogP contribution < -0.4 is 5.32 Å². The summed E-state index contributed by atoms with van der Waals surface area (Å²) in [6.07, 6.45) is 2.26. The Morgan fingerprint density at radius 3 is 2.75 bits per heavy atom. The van der Waals surface area contributed by atoms with Crippen LogP contribution in [0.15, 0.2) is 24.3 Å². The zero-order valence-corrected chi connectivity index (χ0v) is 13.2. The third kappa shape index (κ3) is 4.45. The Balaban J connectivity index is 1.76. The molecule has 0 bridgehead atoms. The van der Waals surface area contributed by atoms with Crippen molar-refractivity contribution in [3.05, 3.63) is 34.9 Å². The van der Waals surface area contributed by atoms with Crippen molar-refractivity contribution in [2.45, 2.75) is 31.8 Å². The Bertz CT molecular complexity index is 407. The highest BCUT2D eigenvalue weighted by atomic mass is 35.5. The highest BCUT2D eigenvalue weighted by Crippen LogP contribution is 2.25. The summed E-state index contributed by atoms with van der Waals surface area (Å²) in [5.74, 6) is 0. The third-order valence-corrected chi connectivity index (χ3v) is 4.48. The average molecular weight is 297 g/mol. The van der Waals surface area contributed by atoms with Gasteiger partial charge in [-0.25, -0.2) is 0 Å². The van der Waals surface area contributed by atoms with Crippen molar-refractivity contribution in [2.24, 2.45) is 0 Å². The van der Waals surface area contributed by atoms with Crippen molar-refractivity contribution in [1.29, 1.82) is 0 Å². The molecular weight excluding hydrogens is 272 g/mol. The monoisotopic (exact) mass is 296 g/mol. The fourth-order valence-corrected chi connectivity index (χ4v) is 2.89. The molecule has 1 fully saturated rings. The smallest absolute Gasteiger partial charge is 0.0480 e. The lowest BCUT2D eigenvalue weighted by molar-refractivity contribution is 0.0771. The summed E-state index contributed by atoms with van der Waals surface area (Å²) in [6.45, 7) is 6.02. The standard InChI is InChI=1S/C16H25ClN2O/c1-13(15-5-3-4-6-16(15)17)19(2)10-9-18-14-7-11-20-12-8-14/h3-6,13-14,18H,7-12H2,1-2H3. The molecule has 0 spiro atoms. The predicted molar refractivity (Wildman–Crippen MR) is 84.3 cm³/mol. The second-order valence-corrected chi connectivity index (χ2v) is 5.93. The van der Waals surface area contributed by atoms with E-state index in [1.165, 1.54) is 5.56 Å². The molecule has 1 unspecified atom stereocenters. The van der Waals surface area contributed by atoms with E-state index in [1.807, 2.05) is 18.2 Å². The summed E-state index contributed by atoms with van der Waals surface area (Å²) in [4.78, 5) is 2.34. The molecule has 2 rings (SSSR count). The fraction of sp³-hybridized carbons (Fsp3) is 0.625. The van der Waals surface area contributed by atoms with E-state index in [1.54, 1.807) is 0 Å². The molecule has 1 aromatic rings. The van der Waals surface area contributed by atoms with Gasteiger partial charge >= 0.3 is 0 Å². The molecule has 0 aromatic heterocycles. The second kappa shape index (κ2) is 7.99. The summed E-state index contributed by atoms with van der Waals surface area (Å²) in [5, 5.41) is 4.47. The van der Waals surface area contributed by atoms with Crippen LogP contribution in [-0.4, -0.2) is 44.3 Å². The van der Waals surface area contributed by atoms with Crippen LogP contribution in [0, 0.1) is 0 Å². The summed E-state index contributed by atoms with van der Waals surface area (Å²) in [5.41, 5.74) is 1.20. The molecule has 1 atom stereocenters. The number of hydrogen-bond donors (Lipinski definition) is 1. The van der Waals surface area contributed by atoms with Gasteiger partial charge in [0.05, 0.1) is 0 Å². The van der Waals surface area contributed by atoms with E-state index in [4.69, 9.17) is 16.3 Å². The van der Waals surface area contributed by atoms with Gasteiger partial charge < -0.3 is 10.1 Å². The lowest BCUT2D eigenvalue weighted by Crippen LogP contribution is -2.39. The molecule has 112 valence electrons. The van der Waals surface area contributed by atoms with Crippen molar-refractivity contribution in [3.8, 4) is 0 Å². The highest BCUT2D eigenvalue weighted by molar-refractivity contribution is 6.31. The number of likely N-dealkylation sites (N-methyl/N-ethyl adjacent to an activating group) is 1. The van der Waals surface area contributed by atoms with Crippen LogP contribution in [-0.2, 0) is 4.74 Å². The molecule has 20 heavy (non-hydrogen) atoms. The summed E-state index contributed by atoms with van der Waals surface area (Å²) < 4.78 is 5.37. The van der Waals surface area contributed by atoms with Gasteiger partial charge in [0.25, 0.3) is 0 Å². The van der Waals surface area contributed by atoms with Gasteiger partial charge in [0.15, 0.2) is 0 Å². The van der Waals surface area contributed by atoms with E-state index < -0.39 is 0 Å². The average Bonchev–Trinajstić information content (AvgIpc) is 2.48. The maximum absolute atomic E-state index is 6.26. The summed E-state index contributed by atoms with van der Waals surface area (Å²) >= 11 is 6.26. The lowest BCUT2D eigenvalue weighted by atomic mass is 10.1. The van der Waals surface area contributed by atoms with Crippen LogP contribution in [0.5, 0.6) is 0 Å². The van der Waals surface area contributed by atoms with Crippen LogP contribution in [0.3, 0.4) is 0 Å². The highest BCUT2D eigenvalue weighted by Gasteiger charge is 2.16. The van der Waals surface area contributed by atoms with Crippen LogP contribution in [0.2, 0.25) is 5.02 Å². The Morgan fingerprint density at radius 2 is 2.05 bits per heavy atom. The quantitative estimate of drug-likeness (QED) is 0.873. The zero-order valence-electron chi connectivity index (χ0n) is 12.4. The van der Waals surface area contributed by atoms with E-state index in [9.17, 15) is 0 Å². The normalized spacial score (nSPS) is 18.4. The maximum atomic E-state index is 6.26. The Morgan fingerprint density at radius 1 is 1.35 bits per heavy atom. The van der Waals surface area contributed by atoms with Gasteiger partial charge in [-0.2, -0.15) is 0 Å². The molecule has 3 nitrogen and oxygen atoms in total. The topological polar surface area (TPSA) is 24.5 Å². The molecule has 1 N–H and O–H groups in total. The first-order valence-electron chi connectivity index (χ1n) is 7.44. The summed E-state index contributed by atoms with van der Waals surface area (Å²) in [6, 6.07) is 9.04. The first kappa shape index (κ1) is 15.8. The van der Waals surface area contributed by atoms with E-state index >= 15 is 0 Å². The zero-order chi connectivity index (χ0) is 14.4. The van der Waals surface area contributed by atoms with Crippen molar-refractivity contribution >= 4 is 11.6 Å². The largest absolute Gasteiger partial charge is 0.381 e. The van der Waals surface area contributed by atoms with Crippen LogP contribution in [0.25, 0.3) is 0 Å². The molecule has 0 aliphatic carbocycles. The number of ether oxygens (including phenoxy) is 1. The first-order chi connectivity index (χ1) is 9.68. The molecular formula is C16H25ClN2O. The van der Waals surface area contributed by atoms with Crippen molar-refractivity contribution in [2.75, 3.05) is 33.4 Å². The van der Waals surface area contributed by atoms with Crippen LogP contribution in [0.1, 0.15) is 31.4 Å². The van der Waals surface area contributed by atoms with Gasteiger partial charge in [0, 0.05) is 43.4 Å². The molecule has 1 saturated heterocycles. The molecule has 1 aromatic carbocycles. The molecule has 1 aliphatic rings. The Labute approximate surface area is 127 Å². The van der Waals surface area contributed by atoms with Gasteiger partial charge in [-0.1, -0.05) is 29.8 Å². The van der Waals surface area contributed by atoms with Gasteiger partial charge in [-0.3, -0.25) is 4.90 Å². The minimum absolute atomic E-state index is 0.334. The summed E-state index contributed by atoms with van der Waals surface area (Å²) in [7, 11) is 2.15. The van der Waals surface area contributed by atoms with Gasteiger partial charge in [0.1, 0.15) is 0 Å². The van der Waals surface area contributed by atoms with Gasteiger partial charge in [0.2, 0.25) is 0 Å². The van der Waals surface area contributed by atoms with E-state index in [0.29, 0.717) is 12.1 Å². The maximum Gasteiger partial charge on any atom is 0.0480 e. The Kier molecular flexibility index (Phi) is 6.30. The minimum atomic E-state index is 0.334. The van der Waals surface area contributed by atoms with E-state index in [0.717, 1.165) is 44.2 Å². The molecule has 1 heterocycles. The lowest BCUT2D eigenvalue weighted by Gasteiger charge is -2.28. The molecule has 4 heteroatoms. The van der Waals surface area contributed by atoms with Crippen molar-refractivity contribution in [1.82, 2.24) is 10.2 Å². The minimum Gasteiger partial charge on any atom is -0.381 e. The number of halogens is 1. The molecule has 0 saturated carbocycles. The van der Waals surface area contributed by atoms with E-state index in [2.05, 4.69) is 30.3 Å². The number of nitrogens with one attached hydrogen (secondary N) is 1. The first-order valence-corrected chi connectivity index (χ1v) is 7.82. The number of hydrogen-bond acceptors (Lipinski definition) is 3. The number of benzene rings is 1. The molecule has 0 radical (unpaired) electrons. The molecule has 0 amide bonds. The van der Waals surface area contributed by atoms with Crippen LogP contribution >= 0.6 is 11.6 Å². The van der Waals surface area contributed by atoms with Crippen molar-refractivity contribution in [3.63, 3.8) is 0 Å². The molecule has 1 aliphatic heterocycles. The Hall–Kier alpha value is -0.610. The SMILES string of the molecule is CC(c1ccccc1Cl)N(C)CCNC1CCOCC1. The van der Waals surface area contributed by atoms with Crippen molar-refractivity contribution < 1.29 is 4.74 Å². The number of nitrogens with zero attached hydrogens (tertiary/aromatic N) is 1. The fourth-order valence-electron chi connectivity index (χ4n) is 2.59. The number of rotatable bonds is 6. The van der Waals surface area contributed by atoms with Gasteiger partial charge in [-0.15, -0.1) is 0 Å². The predicted octanol–water partition coefficient (Wildman–Crippen LogP) is 3.10. The van der Waals surface area contributed by atoms with Crippen LogP contribution in [0.4, 0.5) is 0 Å². The van der Waals surface area contributed by atoms with Gasteiger partial charge in [-0.05, 0) is 38.4 Å². The van der Waals surface area contributed by atoms with E-state index in [-0.39, 0.29) is 0 Å².